The molecule has 0 radical (unpaired) electrons. The van der Waals surface area contributed by atoms with Crippen LogP contribution in [0.1, 0.15) is 0 Å². The summed E-state index contributed by atoms with van der Waals surface area (Å²) in [6, 6.07) is 0. The number of nitrogens with zero attached hydrogens (tertiary/aromatic N) is 4. The van der Waals surface area contributed by atoms with E-state index >= 15 is 0 Å². The van der Waals surface area contributed by atoms with Gasteiger partial charge in [-0.25, -0.2) is 15.5 Å². The monoisotopic (exact) mass is 318 g/mol. The second kappa shape index (κ2) is 6.33. The van der Waals surface area contributed by atoms with Crippen molar-refractivity contribution >= 4 is 24.7 Å². The minimum absolute atomic E-state index is 0.0541. The van der Waals surface area contributed by atoms with Gasteiger partial charge in [0, 0.05) is 6.54 Å². The largest absolute Gasteiger partial charge is 0.479 e. The maximum atomic E-state index is 11.1. The van der Waals surface area contributed by atoms with E-state index in [1.807, 2.05) is 0 Å². The molecule has 116 valence electrons. The summed E-state index contributed by atoms with van der Waals surface area (Å²) in [7, 11) is -2.43. The number of methoxy groups -OCH3 is 1. The van der Waals surface area contributed by atoms with E-state index in [0.717, 1.165) is 0 Å². The van der Waals surface area contributed by atoms with Gasteiger partial charge in [-0.2, -0.15) is 9.97 Å². The molecule has 11 nitrogen and oxygen atoms in total. The highest BCUT2D eigenvalue weighted by Gasteiger charge is 2.18. The number of fused-ring (bicyclic) bond motifs is 1. The molecule has 2 rings (SSSR count). The van der Waals surface area contributed by atoms with Crippen LogP contribution in [0, 0.1) is 0 Å². The zero-order valence-corrected chi connectivity index (χ0v) is 12.1. The zero-order valence-electron chi connectivity index (χ0n) is 11.2. The molecule has 21 heavy (non-hydrogen) atoms. The van der Waals surface area contributed by atoms with Gasteiger partial charge in [0.25, 0.3) is 0 Å². The Kier molecular flexibility index (Phi) is 4.70. The number of anilines is 1. The first-order valence-electron chi connectivity index (χ1n) is 5.77. The lowest BCUT2D eigenvalue weighted by atomic mass is 10.5. The first-order chi connectivity index (χ1) is 9.96. The minimum Gasteiger partial charge on any atom is -0.479 e. The SMILES string of the molecule is COc1nc(N)nc2c1ncn2CCOCP(=O)(O)ON. The summed E-state index contributed by atoms with van der Waals surface area (Å²) in [5.41, 5.74) is 6.52. The van der Waals surface area contributed by atoms with Gasteiger partial charge in [-0.15, -0.1) is 0 Å². The van der Waals surface area contributed by atoms with Crippen LogP contribution in [0.5, 0.6) is 5.88 Å². The van der Waals surface area contributed by atoms with Crippen molar-refractivity contribution in [3.05, 3.63) is 6.33 Å². The summed E-state index contributed by atoms with van der Waals surface area (Å²) in [5.74, 6) is 4.98. The fourth-order valence-electron chi connectivity index (χ4n) is 1.61. The summed E-state index contributed by atoms with van der Waals surface area (Å²) < 4.78 is 26.7. The topological polar surface area (TPSA) is 161 Å². The third-order valence-electron chi connectivity index (χ3n) is 2.54. The van der Waals surface area contributed by atoms with Crippen molar-refractivity contribution in [2.45, 2.75) is 6.54 Å². The van der Waals surface area contributed by atoms with Crippen molar-refractivity contribution in [1.29, 1.82) is 0 Å². The molecular formula is C9H15N6O5P. The van der Waals surface area contributed by atoms with Crippen LogP contribution < -0.4 is 16.4 Å². The van der Waals surface area contributed by atoms with Crippen LogP contribution in [-0.4, -0.2) is 44.5 Å². The molecule has 0 aliphatic heterocycles. The third kappa shape index (κ3) is 3.65. The molecule has 0 saturated carbocycles. The Balaban J connectivity index is 2.06. The fourth-order valence-corrected chi connectivity index (χ4v) is 2.03. The van der Waals surface area contributed by atoms with Crippen molar-refractivity contribution < 1.29 is 23.6 Å². The molecule has 1 unspecified atom stereocenters. The third-order valence-corrected chi connectivity index (χ3v) is 3.38. The number of hydrogen-bond acceptors (Lipinski definition) is 9. The van der Waals surface area contributed by atoms with Gasteiger partial charge in [-0.3, -0.25) is 4.57 Å². The molecular weight excluding hydrogens is 303 g/mol. The van der Waals surface area contributed by atoms with Crippen LogP contribution in [0.25, 0.3) is 11.2 Å². The normalized spacial score (nSPS) is 14.2. The lowest BCUT2D eigenvalue weighted by Gasteiger charge is -2.09. The first kappa shape index (κ1) is 15.6. The van der Waals surface area contributed by atoms with E-state index < -0.39 is 13.9 Å². The number of hydrogen-bond donors (Lipinski definition) is 3. The number of rotatable bonds is 7. The molecule has 0 fully saturated rings. The molecule has 1 atom stereocenters. The molecule has 2 heterocycles. The second-order valence-corrected chi connectivity index (χ2v) is 5.73. The number of imidazole rings is 1. The van der Waals surface area contributed by atoms with Crippen LogP contribution in [0.3, 0.4) is 0 Å². The summed E-state index contributed by atoms with van der Waals surface area (Å²) in [5, 5.41) is 0. The van der Waals surface area contributed by atoms with Crippen LogP contribution >= 0.6 is 7.60 Å². The van der Waals surface area contributed by atoms with Crippen molar-refractivity contribution in [2.24, 2.45) is 5.90 Å². The lowest BCUT2D eigenvalue weighted by molar-refractivity contribution is 0.138. The Morgan fingerprint density at radius 1 is 1.48 bits per heavy atom. The summed E-state index contributed by atoms with van der Waals surface area (Å²) in [6.07, 6.45) is 1.01. The zero-order chi connectivity index (χ0) is 15.5. The number of ether oxygens (including phenoxy) is 2. The maximum Gasteiger partial charge on any atom is 0.369 e. The molecule has 12 heteroatoms. The Labute approximate surface area is 119 Å². The van der Waals surface area contributed by atoms with Crippen molar-refractivity contribution in [3.8, 4) is 5.88 Å². The molecule has 5 N–H and O–H groups in total. The highest BCUT2D eigenvalue weighted by molar-refractivity contribution is 7.52. The van der Waals surface area contributed by atoms with Crippen LogP contribution in [0.15, 0.2) is 6.33 Å². The quantitative estimate of drug-likeness (QED) is 0.343. The van der Waals surface area contributed by atoms with Gasteiger partial charge in [-0.05, 0) is 0 Å². The van der Waals surface area contributed by atoms with Gasteiger partial charge in [0.05, 0.1) is 20.0 Å². The van der Waals surface area contributed by atoms with Gasteiger partial charge in [0.1, 0.15) is 6.35 Å². The predicted molar refractivity (Wildman–Crippen MR) is 72.2 cm³/mol. The van der Waals surface area contributed by atoms with E-state index in [4.69, 9.17) is 20.1 Å². The van der Waals surface area contributed by atoms with Gasteiger partial charge >= 0.3 is 7.60 Å². The predicted octanol–water partition coefficient (Wildman–Crippen LogP) is -0.533. The minimum atomic E-state index is -3.88. The van der Waals surface area contributed by atoms with E-state index in [2.05, 4.69) is 25.5 Å². The standard InChI is InChI=1S/C9H15N6O5P/c1-18-8-6-7(13-9(10)14-8)15(4-12-6)2-3-19-5-21(16,17)20-11/h4H,2-3,5,11H2,1H3,(H,16,17)(H2,10,13,14). The van der Waals surface area contributed by atoms with Crippen molar-refractivity contribution in [1.82, 2.24) is 19.5 Å². The summed E-state index contributed by atoms with van der Waals surface area (Å²) in [4.78, 5) is 21.2. The molecule has 0 saturated heterocycles. The van der Waals surface area contributed by atoms with Crippen LogP contribution in [0.2, 0.25) is 0 Å². The van der Waals surface area contributed by atoms with E-state index in [-0.39, 0.29) is 18.4 Å². The average molecular weight is 318 g/mol. The van der Waals surface area contributed by atoms with E-state index in [1.165, 1.54) is 13.4 Å². The summed E-state index contributed by atoms with van der Waals surface area (Å²) in [6.45, 7) is 0.465. The Bertz CT molecular complexity index is 676. The van der Waals surface area contributed by atoms with Gasteiger partial charge in [-0.1, -0.05) is 0 Å². The van der Waals surface area contributed by atoms with Crippen LogP contribution in [-0.2, 0) is 20.5 Å². The fraction of sp³-hybridized carbons (Fsp3) is 0.444. The number of aromatic nitrogens is 4. The molecule has 0 aliphatic carbocycles. The van der Waals surface area contributed by atoms with Gasteiger partial charge in [0.2, 0.25) is 11.8 Å². The van der Waals surface area contributed by atoms with Crippen LogP contribution in [0.4, 0.5) is 5.95 Å². The number of nitrogen functional groups attached to an aromatic ring is 1. The van der Waals surface area contributed by atoms with E-state index in [0.29, 0.717) is 17.7 Å². The molecule has 0 aromatic carbocycles. The molecule has 0 spiro atoms. The van der Waals surface area contributed by atoms with Crippen molar-refractivity contribution in [3.63, 3.8) is 0 Å². The number of nitrogens with two attached hydrogens (primary N) is 2. The molecule has 2 aromatic heterocycles. The van der Waals surface area contributed by atoms with Gasteiger partial charge in [0.15, 0.2) is 11.2 Å². The molecule has 2 aromatic rings. The lowest BCUT2D eigenvalue weighted by Crippen LogP contribution is -2.09. The van der Waals surface area contributed by atoms with Gasteiger partial charge < -0.3 is 24.7 Å². The highest BCUT2D eigenvalue weighted by atomic mass is 31.2. The van der Waals surface area contributed by atoms with Crippen molar-refractivity contribution in [2.75, 3.05) is 25.8 Å². The molecule has 0 bridgehead atoms. The van der Waals surface area contributed by atoms with E-state index in [9.17, 15) is 4.57 Å². The van der Waals surface area contributed by atoms with E-state index in [1.54, 1.807) is 4.57 Å². The second-order valence-electron chi connectivity index (χ2n) is 3.98. The summed E-state index contributed by atoms with van der Waals surface area (Å²) >= 11 is 0. The first-order valence-corrected chi connectivity index (χ1v) is 7.53. The molecule has 0 aliphatic rings. The Morgan fingerprint density at radius 3 is 2.90 bits per heavy atom. The highest BCUT2D eigenvalue weighted by Crippen LogP contribution is 2.39. The Hall–Kier alpha value is -1.78. The maximum absolute atomic E-state index is 11.1. The Morgan fingerprint density at radius 2 is 2.24 bits per heavy atom. The molecule has 0 amide bonds. The average Bonchev–Trinajstić information content (AvgIpc) is 2.85. The smallest absolute Gasteiger partial charge is 0.369 e.